The number of sulfonamides is 1. The lowest BCUT2D eigenvalue weighted by molar-refractivity contribution is 0.178. The van der Waals surface area contributed by atoms with Gasteiger partial charge < -0.3 is 4.90 Å². The Labute approximate surface area is 132 Å². The molecule has 1 aromatic carbocycles. The second-order valence-corrected chi connectivity index (χ2v) is 8.35. The predicted octanol–water partition coefficient (Wildman–Crippen LogP) is 2.38. The molecule has 0 radical (unpaired) electrons. The number of piperidine rings is 1. The molecule has 2 fully saturated rings. The Morgan fingerprint density at radius 1 is 1.14 bits per heavy atom. The third-order valence-corrected chi connectivity index (χ3v) is 6.66. The number of aryl methyl sites for hydroxylation is 1. The Morgan fingerprint density at radius 3 is 2.27 bits per heavy atom. The molecule has 0 N–H and O–H groups in total. The molecule has 1 aliphatic heterocycles. The maximum atomic E-state index is 13.4. The van der Waals surface area contributed by atoms with Gasteiger partial charge in [-0.05, 0) is 76.5 Å². The second kappa shape index (κ2) is 5.91. The monoisotopic (exact) mass is 326 g/mol. The van der Waals surface area contributed by atoms with Crippen LogP contribution >= 0.6 is 0 Å². The van der Waals surface area contributed by atoms with Crippen LogP contribution in [0.2, 0.25) is 0 Å². The van der Waals surface area contributed by atoms with Crippen molar-refractivity contribution in [1.82, 2.24) is 9.21 Å². The van der Waals surface area contributed by atoms with Crippen LogP contribution in [0.5, 0.6) is 0 Å². The molecule has 3 rings (SSSR count). The van der Waals surface area contributed by atoms with Gasteiger partial charge in [-0.1, -0.05) is 0 Å². The fraction of sp³-hybridized carbons (Fsp3) is 0.625. The van der Waals surface area contributed by atoms with Crippen LogP contribution in [0, 0.1) is 12.7 Å². The number of rotatable bonds is 4. The molecule has 1 heterocycles. The van der Waals surface area contributed by atoms with Crippen molar-refractivity contribution in [2.75, 3.05) is 20.1 Å². The summed E-state index contributed by atoms with van der Waals surface area (Å²) in [5.41, 5.74) is 0.375. The summed E-state index contributed by atoms with van der Waals surface area (Å²) in [7, 11) is -1.48. The maximum absolute atomic E-state index is 13.4. The topological polar surface area (TPSA) is 40.6 Å². The van der Waals surface area contributed by atoms with Gasteiger partial charge in [-0.25, -0.2) is 12.8 Å². The molecule has 0 unspecified atom stereocenters. The minimum atomic E-state index is -3.55. The number of hydrogen-bond donors (Lipinski definition) is 0. The molecule has 0 atom stereocenters. The minimum Gasteiger partial charge on any atom is -0.306 e. The Balaban J connectivity index is 1.91. The summed E-state index contributed by atoms with van der Waals surface area (Å²) >= 11 is 0. The van der Waals surface area contributed by atoms with E-state index in [9.17, 15) is 12.8 Å². The highest BCUT2D eigenvalue weighted by Gasteiger charge is 2.43. The van der Waals surface area contributed by atoms with Crippen molar-refractivity contribution in [2.24, 2.45) is 0 Å². The van der Waals surface area contributed by atoms with Gasteiger partial charge in [0.15, 0.2) is 0 Å². The van der Waals surface area contributed by atoms with Crippen LogP contribution in [0.1, 0.15) is 31.2 Å². The lowest BCUT2D eigenvalue weighted by Gasteiger charge is -2.36. The lowest BCUT2D eigenvalue weighted by Crippen LogP contribution is -2.47. The highest BCUT2D eigenvalue weighted by Crippen LogP contribution is 2.36. The van der Waals surface area contributed by atoms with Crippen LogP contribution in [0.3, 0.4) is 0 Å². The molecule has 0 bridgehead atoms. The van der Waals surface area contributed by atoms with E-state index in [0.29, 0.717) is 5.56 Å². The first-order chi connectivity index (χ1) is 10.4. The van der Waals surface area contributed by atoms with Crippen LogP contribution in [0.25, 0.3) is 0 Å². The van der Waals surface area contributed by atoms with Crippen LogP contribution in [-0.2, 0) is 10.0 Å². The highest BCUT2D eigenvalue weighted by molar-refractivity contribution is 7.89. The average molecular weight is 326 g/mol. The summed E-state index contributed by atoms with van der Waals surface area (Å²) in [5.74, 6) is -0.365. The number of benzene rings is 1. The predicted molar refractivity (Wildman–Crippen MR) is 83.7 cm³/mol. The summed E-state index contributed by atoms with van der Waals surface area (Å²) in [4.78, 5) is 2.45. The van der Waals surface area contributed by atoms with Crippen molar-refractivity contribution in [3.05, 3.63) is 29.6 Å². The summed E-state index contributed by atoms with van der Waals surface area (Å²) in [5, 5.41) is 0. The van der Waals surface area contributed by atoms with Crippen molar-refractivity contribution in [2.45, 2.75) is 49.6 Å². The number of halogens is 1. The molecule has 22 heavy (non-hydrogen) atoms. The number of nitrogens with zero attached hydrogens (tertiary/aromatic N) is 2. The Kier molecular flexibility index (Phi) is 4.27. The number of likely N-dealkylation sites (tertiary alicyclic amines) is 1. The van der Waals surface area contributed by atoms with Gasteiger partial charge in [0.05, 0.1) is 4.90 Å². The van der Waals surface area contributed by atoms with Crippen molar-refractivity contribution in [3.63, 3.8) is 0 Å². The van der Waals surface area contributed by atoms with Crippen molar-refractivity contribution >= 4 is 10.0 Å². The molecular weight excluding hydrogens is 303 g/mol. The zero-order valence-corrected chi connectivity index (χ0v) is 13.9. The third kappa shape index (κ3) is 3.05. The molecule has 6 heteroatoms. The standard InChI is InChI=1S/C16H23FN2O2S/c1-12-11-15(5-6-16(12)17)22(20,21)19(13-3-4-13)14-7-9-18(2)10-8-14/h5-6,11,13-14H,3-4,7-10H2,1-2H3. The fourth-order valence-corrected chi connectivity index (χ4v) is 5.18. The Bertz CT molecular complexity index is 650. The van der Waals surface area contributed by atoms with Crippen molar-refractivity contribution < 1.29 is 12.8 Å². The van der Waals surface area contributed by atoms with Gasteiger partial charge in [0.1, 0.15) is 5.82 Å². The van der Waals surface area contributed by atoms with Crippen LogP contribution in [-0.4, -0.2) is 49.8 Å². The SMILES string of the molecule is Cc1cc(S(=O)(=O)N(C2CC2)C2CCN(C)CC2)ccc1F. The van der Waals surface area contributed by atoms with Gasteiger partial charge in [-0.3, -0.25) is 0 Å². The van der Waals surface area contributed by atoms with E-state index >= 15 is 0 Å². The Hall–Kier alpha value is -0.980. The summed E-state index contributed by atoms with van der Waals surface area (Å²) in [6.07, 6.45) is 3.61. The first kappa shape index (κ1) is 15.9. The van der Waals surface area contributed by atoms with E-state index in [-0.39, 0.29) is 22.8 Å². The summed E-state index contributed by atoms with van der Waals surface area (Å²) in [6, 6.07) is 4.29. The molecule has 0 aromatic heterocycles. The van der Waals surface area contributed by atoms with E-state index in [1.165, 1.54) is 18.2 Å². The van der Waals surface area contributed by atoms with Gasteiger partial charge in [-0.2, -0.15) is 4.31 Å². The summed E-state index contributed by atoms with van der Waals surface area (Å²) < 4.78 is 41.3. The van der Waals surface area contributed by atoms with E-state index in [1.54, 1.807) is 11.2 Å². The van der Waals surface area contributed by atoms with Crippen molar-refractivity contribution in [1.29, 1.82) is 0 Å². The van der Waals surface area contributed by atoms with Crippen LogP contribution < -0.4 is 0 Å². The van der Waals surface area contributed by atoms with Gasteiger partial charge in [-0.15, -0.1) is 0 Å². The van der Waals surface area contributed by atoms with Crippen LogP contribution in [0.15, 0.2) is 23.1 Å². The fourth-order valence-electron chi connectivity index (χ4n) is 3.17. The van der Waals surface area contributed by atoms with E-state index in [1.807, 2.05) is 0 Å². The normalized spacial score (nSPS) is 21.5. The summed E-state index contributed by atoms with van der Waals surface area (Å²) in [6.45, 7) is 3.45. The van der Waals surface area contributed by atoms with E-state index in [0.717, 1.165) is 38.8 Å². The van der Waals surface area contributed by atoms with Gasteiger partial charge in [0.25, 0.3) is 0 Å². The smallest absolute Gasteiger partial charge is 0.243 e. The van der Waals surface area contributed by atoms with Gasteiger partial charge in [0, 0.05) is 12.1 Å². The molecule has 1 aliphatic carbocycles. The lowest BCUT2D eigenvalue weighted by atomic mass is 10.1. The first-order valence-electron chi connectivity index (χ1n) is 7.88. The molecule has 1 saturated carbocycles. The Morgan fingerprint density at radius 2 is 1.73 bits per heavy atom. The zero-order valence-electron chi connectivity index (χ0n) is 13.1. The quantitative estimate of drug-likeness (QED) is 0.853. The van der Waals surface area contributed by atoms with Crippen LogP contribution in [0.4, 0.5) is 4.39 Å². The minimum absolute atomic E-state index is 0.0686. The zero-order chi connectivity index (χ0) is 15.9. The molecule has 0 amide bonds. The molecule has 0 spiro atoms. The molecule has 2 aliphatic rings. The van der Waals surface area contributed by atoms with Gasteiger partial charge >= 0.3 is 0 Å². The van der Waals surface area contributed by atoms with E-state index in [2.05, 4.69) is 11.9 Å². The first-order valence-corrected chi connectivity index (χ1v) is 9.32. The largest absolute Gasteiger partial charge is 0.306 e. The third-order valence-electron chi connectivity index (χ3n) is 4.66. The molecule has 122 valence electrons. The molecule has 1 saturated heterocycles. The maximum Gasteiger partial charge on any atom is 0.243 e. The van der Waals surface area contributed by atoms with E-state index < -0.39 is 10.0 Å². The van der Waals surface area contributed by atoms with Crippen molar-refractivity contribution in [3.8, 4) is 0 Å². The van der Waals surface area contributed by atoms with E-state index in [4.69, 9.17) is 0 Å². The molecule has 1 aromatic rings. The highest BCUT2D eigenvalue weighted by atomic mass is 32.2. The van der Waals surface area contributed by atoms with Gasteiger partial charge in [0.2, 0.25) is 10.0 Å². The second-order valence-electron chi connectivity index (χ2n) is 6.51. The number of hydrogen-bond acceptors (Lipinski definition) is 3. The molecule has 4 nitrogen and oxygen atoms in total. The average Bonchev–Trinajstić information content (AvgIpc) is 3.28. The molecular formula is C16H23FN2O2S.